The number of piperidine rings is 1. The summed E-state index contributed by atoms with van der Waals surface area (Å²) < 4.78 is 1.13. The molecule has 2 rings (SSSR count). The first-order chi connectivity index (χ1) is 8.69. The lowest BCUT2D eigenvalue weighted by atomic mass is 9.91. The van der Waals surface area contributed by atoms with E-state index in [0.717, 1.165) is 10.4 Å². The highest BCUT2D eigenvalue weighted by molar-refractivity contribution is 9.10. The molecule has 0 radical (unpaired) electrons. The lowest BCUT2D eigenvalue weighted by Crippen LogP contribution is -2.41. The van der Waals surface area contributed by atoms with Crippen molar-refractivity contribution in [3.63, 3.8) is 0 Å². The molecular weight excluding hydrogens is 288 g/mol. The number of likely N-dealkylation sites (tertiary alicyclic amines) is 1. The number of anilines is 1. The van der Waals surface area contributed by atoms with E-state index in [9.17, 15) is 0 Å². The van der Waals surface area contributed by atoms with Crippen molar-refractivity contribution < 1.29 is 0 Å². The molecule has 1 aromatic carbocycles. The molecule has 100 valence electrons. The van der Waals surface area contributed by atoms with Crippen molar-refractivity contribution in [2.45, 2.75) is 32.7 Å². The molecule has 1 fully saturated rings. The number of nitrogens with one attached hydrogen (secondary N) is 1. The van der Waals surface area contributed by atoms with E-state index in [1.54, 1.807) is 0 Å². The molecule has 1 heterocycles. The van der Waals surface area contributed by atoms with Gasteiger partial charge in [0.2, 0.25) is 0 Å². The molecule has 2 nitrogen and oxygen atoms in total. The Morgan fingerprint density at radius 3 is 2.78 bits per heavy atom. The van der Waals surface area contributed by atoms with Crippen molar-refractivity contribution in [2.75, 3.05) is 25.0 Å². The number of halogens is 1. The van der Waals surface area contributed by atoms with Crippen molar-refractivity contribution in [2.24, 2.45) is 5.92 Å². The Hall–Kier alpha value is -0.540. The van der Waals surface area contributed by atoms with E-state index in [0.29, 0.717) is 6.04 Å². The topological polar surface area (TPSA) is 15.3 Å². The van der Waals surface area contributed by atoms with E-state index in [-0.39, 0.29) is 0 Å². The Labute approximate surface area is 119 Å². The van der Waals surface area contributed by atoms with Crippen LogP contribution in [0.5, 0.6) is 0 Å². The Morgan fingerprint density at radius 1 is 1.39 bits per heavy atom. The molecule has 2 atom stereocenters. The van der Waals surface area contributed by atoms with Crippen molar-refractivity contribution in [3.8, 4) is 0 Å². The van der Waals surface area contributed by atoms with Gasteiger partial charge >= 0.3 is 0 Å². The van der Waals surface area contributed by atoms with E-state index in [1.165, 1.54) is 38.2 Å². The molecule has 0 bridgehead atoms. The average molecular weight is 311 g/mol. The first-order valence-electron chi connectivity index (χ1n) is 6.93. The van der Waals surface area contributed by atoms with Gasteiger partial charge in [-0.25, -0.2) is 0 Å². The summed E-state index contributed by atoms with van der Waals surface area (Å²) in [6, 6.07) is 9.00. The molecule has 3 heteroatoms. The maximum absolute atomic E-state index is 3.64. The van der Waals surface area contributed by atoms with Gasteiger partial charge in [-0.2, -0.15) is 0 Å². The van der Waals surface area contributed by atoms with Gasteiger partial charge in [0, 0.05) is 22.7 Å². The van der Waals surface area contributed by atoms with E-state index in [1.807, 2.05) is 0 Å². The Balaban J connectivity index is 1.90. The molecule has 2 unspecified atom stereocenters. The first-order valence-corrected chi connectivity index (χ1v) is 7.72. The minimum Gasteiger partial charge on any atom is -0.382 e. The van der Waals surface area contributed by atoms with Gasteiger partial charge in [0.15, 0.2) is 0 Å². The molecule has 0 amide bonds. The second kappa shape index (κ2) is 6.58. The molecule has 0 saturated carbocycles. The normalized spacial score (nSPS) is 22.7. The maximum atomic E-state index is 3.64. The van der Waals surface area contributed by atoms with Gasteiger partial charge in [-0.3, -0.25) is 0 Å². The Morgan fingerprint density at radius 2 is 2.11 bits per heavy atom. The molecule has 1 N–H and O–H groups in total. The van der Waals surface area contributed by atoms with Crippen molar-refractivity contribution in [1.29, 1.82) is 0 Å². The van der Waals surface area contributed by atoms with Crippen LogP contribution < -0.4 is 5.32 Å². The lowest BCUT2D eigenvalue weighted by molar-refractivity contribution is 0.172. The molecule has 0 aromatic heterocycles. The highest BCUT2D eigenvalue weighted by Gasteiger charge is 2.23. The SMILES string of the molecule is CCN1CCCC(C(C)Nc2ccc(Br)cc2)C1. The summed E-state index contributed by atoms with van der Waals surface area (Å²) >= 11 is 3.47. The number of benzene rings is 1. The van der Waals surface area contributed by atoms with Crippen molar-refractivity contribution in [3.05, 3.63) is 28.7 Å². The van der Waals surface area contributed by atoms with Crippen LogP contribution in [0.3, 0.4) is 0 Å². The number of hydrogen-bond donors (Lipinski definition) is 1. The third-order valence-electron chi connectivity index (χ3n) is 3.93. The van der Waals surface area contributed by atoms with E-state index in [4.69, 9.17) is 0 Å². The second-order valence-corrected chi connectivity index (χ2v) is 6.15. The van der Waals surface area contributed by atoms with Gasteiger partial charge in [-0.1, -0.05) is 22.9 Å². The summed E-state index contributed by atoms with van der Waals surface area (Å²) in [5.74, 6) is 0.766. The van der Waals surface area contributed by atoms with E-state index < -0.39 is 0 Å². The largest absolute Gasteiger partial charge is 0.382 e. The summed E-state index contributed by atoms with van der Waals surface area (Å²) in [6.45, 7) is 8.27. The van der Waals surface area contributed by atoms with Crippen LogP contribution in [0, 0.1) is 5.92 Å². The standard InChI is InChI=1S/C15H23BrN2/c1-3-18-10-4-5-13(11-18)12(2)17-15-8-6-14(16)7-9-15/h6-9,12-13,17H,3-5,10-11H2,1-2H3. The average Bonchev–Trinajstić information content (AvgIpc) is 2.41. The number of rotatable bonds is 4. The highest BCUT2D eigenvalue weighted by atomic mass is 79.9. The molecule has 18 heavy (non-hydrogen) atoms. The number of hydrogen-bond acceptors (Lipinski definition) is 2. The van der Waals surface area contributed by atoms with Gasteiger partial charge in [-0.15, -0.1) is 0 Å². The molecule has 0 aliphatic carbocycles. The zero-order valence-corrected chi connectivity index (χ0v) is 12.9. The van der Waals surface area contributed by atoms with Gasteiger partial charge in [0.1, 0.15) is 0 Å². The molecule has 0 spiro atoms. The lowest BCUT2D eigenvalue weighted by Gasteiger charge is -2.35. The van der Waals surface area contributed by atoms with Crippen LogP contribution in [0.25, 0.3) is 0 Å². The molecule has 1 aliphatic rings. The summed E-state index contributed by atoms with van der Waals surface area (Å²) in [4.78, 5) is 2.56. The quantitative estimate of drug-likeness (QED) is 0.905. The number of nitrogens with zero attached hydrogens (tertiary/aromatic N) is 1. The second-order valence-electron chi connectivity index (χ2n) is 5.24. The van der Waals surface area contributed by atoms with Crippen LogP contribution in [0.2, 0.25) is 0 Å². The minimum atomic E-state index is 0.542. The van der Waals surface area contributed by atoms with Gasteiger partial charge in [0.05, 0.1) is 0 Å². The summed E-state index contributed by atoms with van der Waals surface area (Å²) in [6.07, 6.45) is 2.69. The zero-order chi connectivity index (χ0) is 13.0. The molecule has 1 aromatic rings. The van der Waals surface area contributed by atoms with Crippen LogP contribution in [0.15, 0.2) is 28.7 Å². The fraction of sp³-hybridized carbons (Fsp3) is 0.600. The maximum Gasteiger partial charge on any atom is 0.0343 e. The van der Waals surface area contributed by atoms with Crippen molar-refractivity contribution >= 4 is 21.6 Å². The van der Waals surface area contributed by atoms with Crippen LogP contribution in [0.4, 0.5) is 5.69 Å². The summed E-state index contributed by atoms with van der Waals surface area (Å²) in [5, 5.41) is 3.64. The van der Waals surface area contributed by atoms with Crippen LogP contribution in [-0.4, -0.2) is 30.6 Å². The Bertz CT molecular complexity index is 363. The summed E-state index contributed by atoms with van der Waals surface area (Å²) in [7, 11) is 0. The van der Waals surface area contributed by atoms with Crippen LogP contribution in [-0.2, 0) is 0 Å². The Kier molecular flexibility index (Phi) is 5.07. The predicted octanol–water partition coefficient (Wildman–Crippen LogP) is 3.98. The smallest absolute Gasteiger partial charge is 0.0343 e. The minimum absolute atomic E-state index is 0.542. The van der Waals surface area contributed by atoms with E-state index >= 15 is 0 Å². The van der Waals surface area contributed by atoms with Gasteiger partial charge in [-0.05, 0) is 63.0 Å². The monoisotopic (exact) mass is 310 g/mol. The van der Waals surface area contributed by atoms with E-state index in [2.05, 4.69) is 64.3 Å². The van der Waals surface area contributed by atoms with Crippen molar-refractivity contribution in [1.82, 2.24) is 4.90 Å². The first kappa shape index (κ1) is 13.9. The fourth-order valence-corrected chi connectivity index (χ4v) is 2.98. The molecule has 1 aliphatic heterocycles. The highest BCUT2D eigenvalue weighted by Crippen LogP contribution is 2.23. The predicted molar refractivity (Wildman–Crippen MR) is 82.1 cm³/mol. The van der Waals surface area contributed by atoms with Crippen LogP contribution >= 0.6 is 15.9 Å². The molecule has 1 saturated heterocycles. The summed E-state index contributed by atoms with van der Waals surface area (Å²) in [5.41, 5.74) is 1.22. The molecular formula is C15H23BrN2. The fourth-order valence-electron chi connectivity index (χ4n) is 2.71. The van der Waals surface area contributed by atoms with Gasteiger partial charge in [0.25, 0.3) is 0 Å². The van der Waals surface area contributed by atoms with Crippen LogP contribution in [0.1, 0.15) is 26.7 Å². The zero-order valence-electron chi connectivity index (χ0n) is 11.3. The third-order valence-corrected chi connectivity index (χ3v) is 4.46. The third kappa shape index (κ3) is 3.72. The van der Waals surface area contributed by atoms with Gasteiger partial charge < -0.3 is 10.2 Å².